The van der Waals surface area contributed by atoms with Crippen LogP contribution >= 0.6 is 0 Å². The number of benzene rings is 10. The molecule has 0 amide bonds. The fourth-order valence-corrected chi connectivity index (χ4v) is 12.3. The minimum absolute atomic E-state index is 0.974. The second-order valence-corrected chi connectivity index (χ2v) is 18.7. The zero-order valence-electron chi connectivity index (χ0n) is 38.3. The molecule has 6 nitrogen and oxygen atoms in total. The van der Waals surface area contributed by atoms with Crippen molar-refractivity contribution in [2.75, 3.05) is 0 Å². The predicted molar refractivity (Wildman–Crippen MR) is 296 cm³/mol. The van der Waals surface area contributed by atoms with Crippen LogP contribution in [0.15, 0.2) is 243 Å². The molecule has 0 saturated carbocycles. The number of para-hydroxylation sites is 6. The third kappa shape index (κ3) is 5.22. The molecule has 0 aliphatic rings. The Bertz CT molecular complexity index is 4570. The van der Waals surface area contributed by atoms with Crippen LogP contribution in [0.3, 0.4) is 0 Å². The molecule has 0 atom stereocenters. The first-order chi connectivity index (χ1) is 35.3. The highest BCUT2D eigenvalue weighted by Gasteiger charge is 2.26. The summed E-state index contributed by atoms with van der Waals surface area (Å²) in [6.07, 6.45) is 1.94. The highest BCUT2D eigenvalue weighted by Crippen LogP contribution is 2.47. The van der Waals surface area contributed by atoms with Crippen LogP contribution in [0, 0.1) is 0 Å². The molecule has 0 radical (unpaired) electrons. The van der Waals surface area contributed by atoms with Gasteiger partial charge in [-0.1, -0.05) is 121 Å². The number of pyridine rings is 1. The van der Waals surface area contributed by atoms with Crippen molar-refractivity contribution in [2.45, 2.75) is 0 Å². The van der Waals surface area contributed by atoms with E-state index in [-0.39, 0.29) is 0 Å². The standard InChI is InChI=1S/C65H40N6/c1-4-17-41(18-5-1)67-53-26-13-10-23-46(53)51-39-44(30-34-56(51)67)69-55-28-15-12-25-50(55)61-58(69)36-32-48-49-33-37-59-62(65(49)71(64(48)61)43-21-8-3-9-22-43)63-60(29-16-38-66-63)70(59)45-31-35-57-52(40-45)47-24-11-14-27-54(47)68(57)42-19-6-2-7-20-42/h1-40H. The lowest BCUT2D eigenvalue weighted by atomic mass is 10.1. The molecule has 16 rings (SSSR count). The summed E-state index contributed by atoms with van der Waals surface area (Å²) in [7, 11) is 0. The molecule has 0 fully saturated rings. The van der Waals surface area contributed by atoms with Crippen LogP contribution in [0.25, 0.3) is 138 Å². The largest absolute Gasteiger partial charge is 0.309 e. The molecule has 6 heterocycles. The molecule has 0 aliphatic carbocycles. The lowest BCUT2D eigenvalue weighted by Gasteiger charge is -2.12. The third-order valence-corrected chi connectivity index (χ3v) is 15.1. The van der Waals surface area contributed by atoms with Gasteiger partial charge in [0.15, 0.2) is 0 Å². The number of nitrogens with zero attached hydrogens (tertiary/aromatic N) is 6. The summed E-state index contributed by atoms with van der Waals surface area (Å²) in [4.78, 5) is 5.25. The lowest BCUT2D eigenvalue weighted by molar-refractivity contribution is 1.16. The highest BCUT2D eigenvalue weighted by molar-refractivity contribution is 6.31. The minimum atomic E-state index is 0.974. The molecule has 6 heteroatoms. The van der Waals surface area contributed by atoms with E-state index in [1.165, 1.54) is 76.2 Å². The van der Waals surface area contributed by atoms with E-state index in [4.69, 9.17) is 4.98 Å². The van der Waals surface area contributed by atoms with Crippen LogP contribution in [-0.4, -0.2) is 27.8 Å². The van der Waals surface area contributed by atoms with E-state index in [0.29, 0.717) is 0 Å². The van der Waals surface area contributed by atoms with E-state index in [2.05, 4.69) is 259 Å². The molecule has 330 valence electrons. The van der Waals surface area contributed by atoms with Crippen molar-refractivity contribution in [3.05, 3.63) is 243 Å². The Morgan fingerprint density at radius 3 is 1.15 bits per heavy atom. The van der Waals surface area contributed by atoms with E-state index in [0.717, 1.165) is 61.4 Å². The van der Waals surface area contributed by atoms with Crippen molar-refractivity contribution >= 4 is 109 Å². The van der Waals surface area contributed by atoms with Gasteiger partial charge in [0.05, 0.1) is 66.1 Å². The van der Waals surface area contributed by atoms with Gasteiger partial charge in [-0.2, -0.15) is 0 Å². The van der Waals surface area contributed by atoms with Crippen molar-refractivity contribution in [1.29, 1.82) is 0 Å². The molecular weight excluding hydrogens is 865 g/mol. The number of hydrogen-bond donors (Lipinski definition) is 0. The van der Waals surface area contributed by atoms with Gasteiger partial charge in [0, 0.05) is 77.7 Å². The average molecular weight is 905 g/mol. The molecule has 0 spiro atoms. The zero-order valence-corrected chi connectivity index (χ0v) is 38.3. The molecule has 0 saturated heterocycles. The summed E-state index contributed by atoms with van der Waals surface area (Å²) in [5.41, 5.74) is 18.2. The Labute approximate surface area is 406 Å². The molecular formula is C65H40N6. The van der Waals surface area contributed by atoms with Crippen molar-refractivity contribution in [3.63, 3.8) is 0 Å². The maximum Gasteiger partial charge on any atom is 0.0984 e. The molecule has 10 aromatic carbocycles. The van der Waals surface area contributed by atoms with Crippen LogP contribution in [-0.2, 0) is 0 Å². The van der Waals surface area contributed by atoms with Gasteiger partial charge in [0.25, 0.3) is 0 Å². The molecule has 16 aromatic rings. The molecule has 0 unspecified atom stereocenters. The zero-order chi connectivity index (χ0) is 46.3. The van der Waals surface area contributed by atoms with Crippen LogP contribution in [0.1, 0.15) is 0 Å². The predicted octanol–water partition coefficient (Wildman–Crippen LogP) is 16.6. The van der Waals surface area contributed by atoms with Crippen molar-refractivity contribution in [1.82, 2.24) is 27.8 Å². The summed E-state index contributed by atoms with van der Waals surface area (Å²) in [6.45, 7) is 0. The fourth-order valence-electron chi connectivity index (χ4n) is 12.3. The molecule has 0 aliphatic heterocycles. The fraction of sp³-hybridized carbons (Fsp3) is 0. The van der Waals surface area contributed by atoms with Crippen LogP contribution < -0.4 is 0 Å². The van der Waals surface area contributed by atoms with Gasteiger partial charge in [-0.15, -0.1) is 0 Å². The van der Waals surface area contributed by atoms with Gasteiger partial charge in [0.2, 0.25) is 0 Å². The van der Waals surface area contributed by atoms with Gasteiger partial charge in [-0.05, 0) is 115 Å². The molecule has 6 aromatic heterocycles. The third-order valence-electron chi connectivity index (χ3n) is 15.1. The normalized spacial score (nSPS) is 12.2. The highest BCUT2D eigenvalue weighted by atomic mass is 15.0. The van der Waals surface area contributed by atoms with Gasteiger partial charge >= 0.3 is 0 Å². The second-order valence-electron chi connectivity index (χ2n) is 18.7. The Morgan fingerprint density at radius 1 is 0.225 bits per heavy atom. The molecule has 71 heavy (non-hydrogen) atoms. The Kier molecular flexibility index (Phi) is 7.79. The van der Waals surface area contributed by atoms with Gasteiger partial charge in [-0.25, -0.2) is 0 Å². The Balaban J connectivity index is 0.994. The van der Waals surface area contributed by atoms with Crippen LogP contribution in [0.5, 0.6) is 0 Å². The van der Waals surface area contributed by atoms with Crippen LogP contribution in [0.2, 0.25) is 0 Å². The quantitative estimate of drug-likeness (QED) is 0.170. The maximum absolute atomic E-state index is 5.25. The summed E-state index contributed by atoms with van der Waals surface area (Å²) in [5.74, 6) is 0. The van der Waals surface area contributed by atoms with Crippen molar-refractivity contribution in [2.24, 2.45) is 0 Å². The van der Waals surface area contributed by atoms with Gasteiger partial charge in [-0.3, -0.25) is 4.98 Å². The monoisotopic (exact) mass is 904 g/mol. The van der Waals surface area contributed by atoms with Crippen molar-refractivity contribution < 1.29 is 0 Å². The number of rotatable bonds is 5. The SMILES string of the molecule is c1ccc(-n2c3ccccc3c3cc(-n4c5ccccc5c5c4ccc4c6ccc7c(c8ncccc8n7-c7ccc8c(c7)c7ccccc7n8-c7ccccc7)c6n(-c6ccccc6)c45)ccc32)cc1. The van der Waals surface area contributed by atoms with Crippen LogP contribution in [0.4, 0.5) is 0 Å². The van der Waals surface area contributed by atoms with Crippen molar-refractivity contribution in [3.8, 4) is 28.4 Å². The minimum Gasteiger partial charge on any atom is -0.309 e. The number of hydrogen-bond acceptors (Lipinski definition) is 1. The van der Waals surface area contributed by atoms with E-state index < -0.39 is 0 Å². The Hall–Kier alpha value is -9.65. The first-order valence-corrected chi connectivity index (χ1v) is 24.3. The van der Waals surface area contributed by atoms with Gasteiger partial charge < -0.3 is 22.8 Å². The first-order valence-electron chi connectivity index (χ1n) is 24.3. The van der Waals surface area contributed by atoms with E-state index in [1.807, 2.05) is 6.20 Å². The summed E-state index contributed by atoms with van der Waals surface area (Å²) in [5, 5.41) is 10.8. The summed E-state index contributed by atoms with van der Waals surface area (Å²) in [6, 6.07) is 86.3. The Morgan fingerprint density at radius 2 is 0.606 bits per heavy atom. The first kappa shape index (κ1) is 38.3. The van der Waals surface area contributed by atoms with E-state index in [1.54, 1.807) is 0 Å². The lowest BCUT2D eigenvalue weighted by Crippen LogP contribution is -1.97. The summed E-state index contributed by atoms with van der Waals surface area (Å²) >= 11 is 0. The second kappa shape index (κ2) is 14.4. The van der Waals surface area contributed by atoms with Gasteiger partial charge in [0.1, 0.15) is 0 Å². The maximum atomic E-state index is 5.25. The number of aromatic nitrogens is 6. The number of fused-ring (bicyclic) bond motifs is 17. The molecule has 0 N–H and O–H groups in total. The average Bonchev–Trinajstić information content (AvgIpc) is 4.23. The topological polar surface area (TPSA) is 37.5 Å². The molecule has 0 bridgehead atoms. The smallest absolute Gasteiger partial charge is 0.0984 e. The summed E-state index contributed by atoms with van der Waals surface area (Å²) < 4.78 is 12.2. The van der Waals surface area contributed by atoms with E-state index >= 15 is 0 Å². The van der Waals surface area contributed by atoms with E-state index in [9.17, 15) is 0 Å².